The van der Waals surface area contributed by atoms with Gasteiger partial charge in [0.25, 0.3) is 0 Å². The molecule has 0 aromatic rings. The molecule has 2 nitrogen and oxygen atoms in total. The monoisotopic (exact) mass is 296 g/mol. The van der Waals surface area contributed by atoms with Crippen molar-refractivity contribution in [3.8, 4) is 23.8 Å². The Morgan fingerprint density at radius 1 is 0.850 bits per heavy atom. The number of terminal acetylenes is 1. The Morgan fingerprint density at radius 2 is 1.20 bits per heavy atom. The molecule has 0 aliphatic rings. The highest BCUT2D eigenvalue weighted by molar-refractivity contribution is 6.83. The lowest BCUT2D eigenvalue weighted by Gasteiger charge is -2.18. The van der Waals surface area contributed by atoms with E-state index in [-0.39, 0.29) is 0 Å². The second-order valence-corrected chi connectivity index (χ2v) is 10.9. The van der Waals surface area contributed by atoms with Crippen LogP contribution in [0.15, 0.2) is 0 Å². The molecular formula is C17H32O2Si. The van der Waals surface area contributed by atoms with Gasteiger partial charge in [-0.25, -0.2) is 0 Å². The van der Waals surface area contributed by atoms with Gasteiger partial charge in [0.1, 0.15) is 19.3 Å². The molecule has 20 heavy (non-hydrogen) atoms. The van der Waals surface area contributed by atoms with Crippen molar-refractivity contribution in [1.29, 1.82) is 0 Å². The van der Waals surface area contributed by atoms with Crippen LogP contribution in [-0.2, 0) is 0 Å². The van der Waals surface area contributed by atoms with E-state index in [0.29, 0.717) is 12.8 Å². The third-order valence-electron chi connectivity index (χ3n) is 3.28. The summed E-state index contributed by atoms with van der Waals surface area (Å²) >= 11 is 0. The lowest BCUT2D eigenvalue weighted by atomic mass is 9.99. The smallest absolute Gasteiger partial charge is 0.129 e. The predicted octanol–water partition coefficient (Wildman–Crippen LogP) is 3.59. The average molecular weight is 297 g/mol. The zero-order valence-electron chi connectivity index (χ0n) is 14.3. The Labute approximate surface area is 127 Å². The third kappa shape index (κ3) is 10.1. The molecule has 0 bridgehead atoms. The largest absolute Gasteiger partial charge is 0.378 e. The van der Waals surface area contributed by atoms with Gasteiger partial charge in [-0.1, -0.05) is 59.2 Å². The first-order chi connectivity index (χ1) is 9.01. The van der Waals surface area contributed by atoms with E-state index in [0.717, 1.165) is 12.8 Å². The van der Waals surface area contributed by atoms with Crippen LogP contribution in [0.2, 0.25) is 19.6 Å². The fraction of sp³-hybridized carbons (Fsp3) is 0.765. The van der Waals surface area contributed by atoms with Crippen molar-refractivity contribution in [2.45, 2.75) is 84.2 Å². The van der Waals surface area contributed by atoms with Crippen LogP contribution in [0.1, 0.15) is 53.4 Å². The molecule has 0 fully saturated rings. The summed E-state index contributed by atoms with van der Waals surface area (Å²) in [6.07, 6.45) is 7.75. The minimum atomic E-state index is -1.32. The van der Waals surface area contributed by atoms with Crippen LogP contribution < -0.4 is 0 Å². The summed E-state index contributed by atoms with van der Waals surface area (Å²) < 4.78 is 0. The molecule has 0 unspecified atom stereocenters. The first kappa shape index (κ1) is 21.6. The fourth-order valence-electron chi connectivity index (χ4n) is 1.18. The summed E-state index contributed by atoms with van der Waals surface area (Å²) in [6, 6.07) is 0. The molecule has 0 aromatic carbocycles. The first-order valence-electron chi connectivity index (χ1n) is 7.48. The molecule has 0 amide bonds. The second kappa shape index (κ2) is 9.24. The molecule has 0 aliphatic carbocycles. The summed E-state index contributed by atoms with van der Waals surface area (Å²) in [7, 11) is -1.32. The summed E-state index contributed by atoms with van der Waals surface area (Å²) in [4.78, 5) is 0. The highest BCUT2D eigenvalue weighted by Crippen LogP contribution is 2.13. The molecule has 3 heteroatoms. The van der Waals surface area contributed by atoms with Gasteiger partial charge < -0.3 is 10.2 Å². The molecule has 0 atom stereocenters. The summed E-state index contributed by atoms with van der Waals surface area (Å²) in [5, 5.41) is 19.0. The first-order valence-corrected chi connectivity index (χ1v) is 11.0. The van der Waals surface area contributed by atoms with Gasteiger partial charge in [0.2, 0.25) is 0 Å². The molecule has 0 spiro atoms. The lowest BCUT2D eigenvalue weighted by molar-refractivity contribution is 0.0928. The van der Waals surface area contributed by atoms with Crippen LogP contribution in [0.3, 0.4) is 0 Å². The maximum atomic E-state index is 9.84. The van der Waals surface area contributed by atoms with Crippen molar-refractivity contribution in [1.82, 2.24) is 0 Å². The molecule has 0 saturated heterocycles. The molecule has 116 valence electrons. The number of hydrogen-bond acceptors (Lipinski definition) is 2. The number of aliphatic hydroxyl groups is 2. The molecule has 0 heterocycles. The highest BCUT2D eigenvalue weighted by Gasteiger charge is 2.19. The maximum Gasteiger partial charge on any atom is 0.129 e. The van der Waals surface area contributed by atoms with Gasteiger partial charge in [-0.2, -0.15) is 0 Å². The zero-order valence-corrected chi connectivity index (χ0v) is 15.3. The average Bonchev–Trinajstić information content (AvgIpc) is 2.44. The Kier molecular flexibility index (Phi) is 9.96. The van der Waals surface area contributed by atoms with Gasteiger partial charge in [0, 0.05) is 0 Å². The molecule has 0 rings (SSSR count). The summed E-state index contributed by atoms with van der Waals surface area (Å²) in [6.45, 7) is 14.3. The van der Waals surface area contributed by atoms with E-state index >= 15 is 0 Å². The van der Waals surface area contributed by atoms with E-state index < -0.39 is 19.3 Å². The second-order valence-electron chi connectivity index (χ2n) is 6.12. The summed E-state index contributed by atoms with van der Waals surface area (Å²) in [5.74, 6) is 5.34. The summed E-state index contributed by atoms with van der Waals surface area (Å²) in [5.41, 5.74) is 1.62. The van der Waals surface area contributed by atoms with E-state index in [4.69, 9.17) is 6.42 Å². The normalized spacial score (nSPS) is 11.6. The topological polar surface area (TPSA) is 40.5 Å². The Bertz CT molecular complexity index is 355. The van der Waals surface area contributed by atoms with Crippen molar-refractivity contribution in [3.63, 3.8) is 0 Å². The van der Waals surface area contributed by atoms with Crippen molar-refractivity contribution >= 4 is 8.07 Å². The van der Waals surface area contributed by atoms with E-state index in [2.05, 4.69) is 37.0 Å². The van der Waals surface area contributed by atoms with Crippen molar-refractivity contribution < 1.29 is 10.2 Å². The molecule has 0 aromatic heterocycles. The maximum absolute atomic E-state index is 9.84. The standard InChI is InChI=1S/C10H20OSi.C7H12O/c1-6-10(11,7-2)8-9-12(3,4)5;1-4-7(8,5-2)6-3/h11H,6-7H2,1-5H3;1,8H,5-6H2,2-3H3. The van der Waals surface area contributed by atoms with Crippen molar-refractivity contribution in [2.24, 2.45) is 0 Å². The van der Waals surface area contributed by atoms with Gasteiger partial charge in [-0.05, 0) is 25.7 Å². The number of rotatable bonds is 4. The molecule has 2 N–H and O–H groups in total. The Hall–Kier alpha value is -0.743. The Morgan fingerprint density at radius 3 is 1.35 bits per heavy atom. The minimum Gasteiger partial charge on any atom is -0.378 e. The quantitative estimate of drug-likeness (QED) is 0.615. The van der Waals surface area contributed by atoms with Crippen molar-refractivity contribution in [3.05, 3.63) is 0 Å². The molecule has 0 aliphatic heterocycles. The number of hydrogen-bond donors (Lipinski definition) is 2. The van der Waals surface area contributed by atoms with Crippen LogP contribution in [0.4, 0.5) is 0 Å². The van der Waals surface area contributed by atoms with Crippen LogP contribution in [0.5, 0.6) is 0 Å². The van der Waals surface area contributed by atoms with Crippen LogP contribution in [0, 0.1) is 23.8 Å². The third-order valence-corrected chi connectivity index (χ3v) is 4.15. The van der Waals surface area contributed by atoms with E-state index in [9.17, 15) is 10.2 Å². The molecule has 0 saturated carbocycles. The predicted molar refractivity (Wildman–Crippen MR) is 91.0 cm³/mol. The highest BCUT2D eigenvalue weighted by atomic mass is 28.3. The minimum absolute atomic E-state index is 0.639. The van der Waals surface area contributed by atoms with Crippen LogP contribution in [0.25, 0.3) is 0 Å². The van der Waals surface area contributed by atoms with Gasteiger partial charge >= 0.3 is 0 Å². The van der Waals surface area contributed by atoms with E-state index in [1.54, 1.807) is 0 Å². The van der Waals surface area contributed by atoms with Gasteiger partial charge in [-0.15, -0.1) is 12.0 Å². The fourth-order valence-corrected chi connectivity index (χ4v) is 1.79. The van der Waals surface area contributed by atoms with Gasteiger partial charge in [0.15, 0.2) is 0 Å². The lowest BCUT2D eigenvalue weighted by Crippen LogP contribution is -2.26. The SMILES string of the molecule is C#CC(O)(CC)CC.CCC(O)(C#C[Si](C)(C)C)CC. The molecule has 0 radical (unpaired) electrons. The Balaban J connectivity index is 0. The van der Waals surface area contributed by atoms with E-state index in [1.165, 1.54) is 0 Å². The molecular weight excluding hydrogens is 264 g/mol. The van der Waals surface area contributed by atoms with Crippen molar-refractivity contribution in [2.75, 3.05) is 0 Å². The van der Waals surface area contributed by atoms with Crippen LogP contribution >= 0.6 is 0 Å². The van der Waals surface area contributed by atoms with Gasteiger partial charge in [0.05, 0.1) is 0 Å². The van der Waals surface area contributed by atoms with Crippen LogP contribution in [-0.4, -0.2) is 29.5 Å². The van der Waals surface area contributed by atoms with Gasteiger partial charge in [-0.3, -0.25) is 0 Å². The van der Waals surface area contributed by atoms with E-state index in [1.807, 2.05) is 27.7 Å². The zero-order chi connectivity index (χ0) is 16.4.